The molecule has 0 saturated carbocycles. The summed E-state index contributed by atoms with van der Waals surface area (Å²) in [5.74, 6) is -0.250. The van der Waals surface area contributed by atoms with Crippen molar-refractivity contribution in [3.8, 4) is 0 Å². The highest BCUT2D eigenvalue weighted by atomic mass is 16.7. The van der Waals surface area contributed by atoms with E-state index in [0.717, 1.165) is 77.0 Å². The zero-order valence-electron chi connectivity index (χ0n) is 63.7. The molecule has 0 aliphatic carbocycles. The van der Waals surface area contributed by atoms with Gasteiger partial charge in [0.15, 0.2) is 12.6 Å². The molecular weight excluding hydrogens is 1250 g/mol. The Kier molecular flexibility index (Phi) is 64.1. The first kappa shape index (κ1) is 93.0. The normalized spacial score (nSPS) is 22.3. The number of rotatable bonds is 69. The third-order valence-corrected chi connectivity index (χ3v) is 19.7. The van der Waals surface area contributed by atoms with Gasteiger partial charge in [0.2, 0.25) is 5.91 Å². The van der Waals surface area contributed by atoms with E-state index in [4.69, 9.17) is 18.9 Å². The minimum absolute atomic E-state index is 0.250. The summed E-state index contributed by atoms with van der Waals surface area (Å²) in [5, 5.41) is 87.7. The third kappa shape index (κ3) is 51.2. The SMILES string of the molecule is CC/C=C\C/C=C\C/C=C\C/C=C\C/C=C\CCCCCCCCCCCCCCCCCCCCCC(=O)NC(COC1OC(CO)C(OC2OC(CO)C(O)C(O)C2O)C(O)C1O)C(O)/C=C/CC/C=C/CC/C=C/CCCCCCCCCCCCCCCCCCCCCCC. The van der Waals surface area contributed by atoms with Crippen molar-refractivity contribution in [1.29, 1.82) is 0 Å². The van der Waals surface area contributed by atoms with E-state index in [-0.39, 0.29) is 18.9 Å². The highest BCUT2D eigenvalue weighted by Crippen LogP contribution is 2.30. The molecule has 2 rings (SSSR count). The Labute approximate surface area is 611 Å². The van der Waals surface area contributed by atoms with Crippen LogP contribution in [0.5, 0.6) is 0 Å². The van der Waals surface area contributed by atoms with Gasteiger partial charge in [0.1, 0.15) is 48.8 Å². The maximum absolute atomic E-state index is 13.4. The molecule has 2 heterocycles. The fraction of sp³-hybridized carbons (Fsp3) is 0.802. The summed E-state index contributed by atoms with van der Waals surface area (Å²) in [6.45, 7) is 2.71. The zero-order valence-corrected chi connectivity index (χ0v) is 63.7. The molecule has 14 heteroatoms. The first-order valence-corrected chi connectivity index (χ1v) is 41.5. The lowest BCUT2D eigenvalue weighted by atomic mass is 9.97. The molecule has 2 aliphatic rings. The van der Waals surface area contributed by atoms with Gasteiger partial charge in [-0.1, -0.05) is 349 Å². The van der Waals surface area contributed by atoms with Gasteiger partial charge >= 0.3 is 0 Å². The van der Waals surface area contributed by atoms with Crippen molar-refractivity contribution in [3.05, 3.63) is 97.2 Å². The summed E-state index contributed by atoms with van der Waals surface area (Å²) >= 11 is 0. The fourth-order valence-electron chi connectivity index (χ4n) is 13.2. The first-order valence-electron chi connectivity index (χ1n) is 41.5. The Morgan fingerprint density at radius 3 is 1.10 bits per heavy atom. The van der Waals surface area contributed by atoms with Gasteiger partial charge in [-0.2, -0.15) is 0 Å². The van der Waals surface area contributed by atoms with Gasteiger partial charge in [-0.3, -0.25) is 4.79 Å². The van der Waals surface area contributed by atoms with E-state index in [0.29, 0.717) is 12.8 Å². The first-order chi connectivity index (χ1) is 49.1. The van der Waals surface area contributed by atoms with E-state index in [1.165, 1.54) is 238 Å². The Bertz CT molecular complexity index is 2050. The number of hydrogen-bond acceptors (Lipinski definition) is 13. The predicted octanol–water partition coefficient (Wildman–Crippen LogP) is 19.2. The van der Waals surface area contributed by atoms with E-state index < -0.39 is 86.8 Å². The second kappa shape index (κ2) is 69.0. The second-order valence-electron chi connectivity index (χ2n) is 28.9. The van der Waals surface area contributed by atoms with Crippen molar-refractivity contribution in [2.75, 3.05) is 19.8 Å². The molecule has 0 aromatic carbocycles. The topological polar surface area (TPSA) is 228 Å². The number of aliphatic hydroxyl groups excluding tert-OH is 8. The summed E-state index contributed by atoms with van der Waals surface area (Å²) in [6, 6.07) is -0.944. The van der Waals surface area contributed by atoms with E-state index in [9.17, 15) is 45.6 Å². The van der Waals surface area contributed by atoms with Crippen LogP contribution in [0.25, 0.3) is 0 Å². The van der Waals surface area contributed by atoms with E-state index >= 15 is 0 Å². The fourth-order valence-corrected chi connectivity index (χ4v) is 13.2. The van der Waals surface area contributed by atoms with Gasteiger partial charge in [0.25, 0.3) is 0 Å². The molecule has 9 N–H and O–H groups in total. The van der Waals surface area contributed by atoms with Crippen molar-refractivity contribution in [2.45, 2.75) is 421 Å². The summed E-state index contributed by atoms with van der Waals surface area (Å²) in [7, 11) is 0. The predicted molar refractivity (Wildman–Crippen MR) is 415 cm³/mol. The standard InChI is InChI=1S/C86H153NO13/c1-3-5-7-9-11-13-15-17-19-21-23-25-27-29-31-33-35-36-37-38-40-42-44-46-48-50-52-54-56-58-60-62-64-66-68-70-78(91)87-74(73-97-85-83(96)81(94)84(77(72-89)99-85)100-86-82(95)80(93)79(92)76(71-88)98-86)75(90)69-67-65-63-61-59-57-55-53-51-49-47-45-43-41-39-34-32-30-28-26-24-22-20-18-16-14-12-10-8-6-4-2/h5,7,11,13,17,19,23,25,29,31,51,53,59,61,67,69,74-77,79-86,88-90,92-96H,3-4,6,8-10,12,14-16,18,20-22,24,26-28,30,32-50,52,54-58,60,62-66,68,70-73H2,1-2H3,(H,87,91)/b7-5-,13-11-,19-17-,25-23-,31-29-,53-51+,61-59+,69-67+. The van der Waals surface area contributed by atoms with E-state index in [1.807, 2.05) is 6.08 Å². The highest BCUT2D eigenvalue weighted by molar-refractivity contribution is 5.76. The minimum Gasteiger partial charge on any atom is -0.394 e. The number of carbonyl (C=O) groups excluding carboxylic acids is 1. The Morgan fingerprint density at radius 2 is 0.700 bits per heavy atom. The number of aliphatic hydroxyl groups is 8. The number of carbonyl (C=O) groups is 1. The van der Waals surface area contributed by atoms with E-state index in [1.54, 1.807) is 6.08 Å². The maximum Gasteiger partial charge on any atom is 0.220 e. The average molecular weight is 1410 g/mol. The molecule has 12 unspecified atom stereocenters. The van der Waals surface area contributed by atoms with Crippen LogP contribution in [0.3, 0.4) is 0 Å². The number of nitrogens with one attached hydrogen (secondary N) is 1. The molecule has 12 atom stereocenters. The van der Waals surface area contributed by atoms with Crippen LogP contribution in [0, 0.1) is 0 Å². The van der Waals surface area contributed by atoms with Gasteiger partial charge < -0.3 is 65.1 Å². The van der Waals surface area contributed by atoms with Gasteiger partial charge in [-0.05, 0) is 89.9 Å². The monoisotopic (exact) mass is 1410 g/mol. The molecule has 0 bridgehead atoms. The van der Waals surface area contributed by atoms with Crippen molar-refractivity contribution in [2.24, 2.45) is 0 Å². The van der Waals surface area contributed by atoms with Crippen LogP contribution in [0.4, 0.5) is 0 Å². The van der Waals surface area contributed by atoms with Gasteiger partial charge in [0, 0.05) is 6.42 Å². The van der Waals surface area contributed by atoms with Gasteiger partial charge in [-0.25, -0.2) is 0 Å². The van der Waals surface area contributed by atoms with Crippen LogP contribution in [-0.2, 0) is 23.7 Å². The molecule has 2 saturated heterocycles. The molecule has 14 nitrogen and oxygen atoms in total. The van der Waals surface area contributed by atoms with Crippen LogP contribution in [0.15, 0.2) is 97.2 Å². The van der Waals surface area contributed by atoms with Crippen LogP contribution in [0.2, 0.25) is 0 Å². The molecule has 0 radical (unpaired) electrons. The number of unbranched alkanes of at least 4 members (excludes halogenated alkanes) is 42. The Balaban J connectivity index is 1.62. The molecule has 100 heavy (non-hydrogen) atoms. The Morgan fingerprint density at radius 1 is 0.370 bits per heavy atom. The van der Waals surface area contributed by atoms with Crippen LogP contribution in [-0.4, -0.2) is 140 Å². The van der Waals surface area contributed by atoms with Crippen molar-refractivity contribution in [3.63, 3.8) is 0 Å². The largest absolute Gasteiger partial charge is 0.394 e. The quantitative estimate of drug-likeness (QED) is 0.0204. The maximum atomic E-state index is 13.4. The Hall–Kier alpha value is -3.09. The minimum atomic E-state index is -1.80. The van der Waals surface area contributed by atoms with Crippen LogP contribution < -0.4 is 5.32 Å². The molecular formula is C86H153NO13. The molecule has 0 aromatic rings. The highest BCUT2D eigenvalue weighted by Gasteiger charge is 2.51. The van der Waals surface area contributed by atoms with Gasteiger partial charge in [0.05, 0.1) is 32.0 Å². The summed E-state index contributed by atoms with van der Waals surface area (Å²) in [4.78, 5) is 13.4. The van der Waals surface area contributed by atoms with Gasteiger partial charge in [-0.15, -0.1) is 0 Å². The zero-order chi connectivity index (χ0) is 72.2. The second-order valence-corrected chi connectivity index (χ2v) is 28.9. The van der Waals surface area contributed by atoms with Crippen molar-refractivity contribution >= 4 is 5.91 Å². The number of hydrogen-bond donors (Lipinski definition) is 9. The lowest BCUT2D eigenvalue weighted by molar-refractivity contribution is -0.359. The summed E-state index contributed by atoms with van der Waals surface area (Å²) in [5.41, 5.74) is 0. The number of ether oxygens (including phenoxy) is 4. The van der Waals surface area contributed by atoms with Crippen molar-refractivity contribution in [1.82, 2.24) is 5.32 Å². The lowest BCUT2D eigenvalue weighted by Crippen LogP contribution is -2.65. The van der Waals surface area contributed by atoms with E-state index in [2.05, 4.69) is 104 Å². The molecule has 2 aliphatic heterocycles. The van der Waals surface area contributed by atoms with Crippen LogP contribution in [0.1, 0.15) is 348 Å². The molecule has 2 fully saturated rings. The average Bonchev–Trinajstić information content (AvgIpc) is 0.790. The summed E-state index contributed by atoms with van der Waals surface area (Å²) in [6.07, 6.45) is 82.2. The van der Waals surface area contributed by atoms with Crippen molar-refractivity contribution < 1.29 is 64.6 Å². The lowest BCUT2D eigenvalue weighted by Gasteiger charge is -2.46. The van der Waals surface area contributed by atoms with Crippen LogP contribution >= 0.6 is 0 Å². The molecule has 0 spiro atoms. The summed E-state index contributed by atoms with van der Waals surface area (Å²) < 4.78 is 22.9. The molecule has 1 amide bonds. The number of amides is 1. The third-order valence-electron chi connectivity index (χ3n) is 19.7. The molecule has 0 aromatic heterocycles. The smallest absolute Gasteiger partial charge is 0.220 e. The molecule has 580 valence electrons. The number of allylic oxidation sites excluding steroid dienone is 15.